The van der Waals surface area contributed by atoms with Crippen molar-refractivity contribution < 1.29 is 9.53 Å². The van der Waals surface area contributed by atoms with Gasteiger partial charge in [0.05, 0.1) is 18.2 Å². The molecule has 34 heavy (non-hydrogen) atoms. The molecule has 178 valence electrons. The third-order valence-electron chi connectivity index (χ3n) is 7.12. The summed E-state index contributed by atoms with van der Waals surface area (Å²) in [6, 6.07) is 18.3. The Morgan fingerprint density at radius 2 is 1.44 bits per heavy atom. The van der Waals surface area contributed by atoms with E-state index in [0.29, 0.717) is 0 Å². The van der Waals surface area contributed by atoms with E-state index < -0.39 is 0 Å². The minimum atomic E-state index is 0.151. The Hall–Kier alpha value is -3.28. The van der Waals surface area contributed by atoms with Crippen molar-refractivity contribution in [3.8, 4) is 5.75 Å². The minimum absolute atomic E-state index is 0.151. The van der Waals surface area contributed by atoms with Crippen molar-refractivity contribution in [2.24, 2.45) is 0 Å². The number of rotatable bonds is 4. The van der Waals surface area contributed by atoms with Gasteiger partial charge in [-0.15, -0.1) is 0 Å². The molecule has 0 saturated carbocycles. The van der Waals surface area contributed by atoms with Crippen LogP contribution in [0, 0.1) is 0 Å². The third-order valence-corrected chi connectivity index (χ3v) is 7.12. The van der Waals surface area contributed by atoms with Crippen molar-refractivity contribution >= 4 is 28.3 Å². The van der Waals surface area contributed by atoms with E-state index in [1.54, 1.807) is 7.11 Å². The molecule has 0 N–H and O–H groups in total. The summed E-state index contributed by atoms with van der Waals surface area (Å²) < 4.78 is 5.29. The normalized spacial score (nSPS) is 17.4. The Bertz CT molecular complexity index is 1110. The zero-order chi connectivity index (χ0) is 23.3. The van der Waals surface area contributed by atoms with E-state index in [9.17, 15) is 4.79 Å². The van der Waals surface area contributed by atoms with Gasteiger partial charge in [0.15, 0.2) is 0 Å². The molecular weight excluding hydrogens is 424 g/mol. The number of methoxy groups -OCH3 is 1. The average molecular weight is 459 g/mol. The van der Waals surface area contributed by atoms with E-state index in [1.165, 1.54) is 24.9 Å². The van der Waals surface area contributed by atoms with Gasteiger partial charge in [-0.05, 0) is 49.2 Å². The van der Waals surface area contributed by atoms with Crippen LogP contribution >= 0.6 is 0 Å². The topological polar surface area (TPSA) is 48.9 Å². The summed E-state index contributed by atoms with van der Waals surface area (Å²) in [4.78, 5) is 25.4. The number of amides is 1. The molecule has 0 unspecified atom stereocenters. The van der Waals surface area contributed by atoms with Gasteiger partial charge in [0.25, 0.3) is 5.91 Å². The number of aromatic nitrogens is 1. The number of hydrogen-bond donors (Lipinski definition) is 0. The second kappa shape index (κ2) is 10.3. The number of para-hydroxylation sites is 1. The molecule has 0 atom stereocenters. The van der Waals surface area contributed by atoms with Gasteiger partial charge in [-0.25, -0.2) is 4.98 Å². The summed E-state index contributed by atoms with van der Waals surface area (Å²) in [5.41, 5.74) is 2.90. The predicted octanol–water partition coefficient (Wildman–Crippen LogP) is 4.98. The Labute approximate surface area is 202 Å². The van der Waals surface area contributed by atoms with E-state index in [2.05, 4.69) is 26.8 Å². The molecule has 5 rings (SSSR count). The fourth-order valence-electron chi connectivity index (χ4n) is 5.11. The van der Waals surface area contributed by atoms with E-state index in [-0.39, 0.29) is 5.91 Å². The van der Waals surface area contributed by atoms with Crippen LogP contribution in [0.1, 0.15) is 42.5 Å². The average Bonchev–Trinajstić information content (AvgIpc) is 2.88. The monoisotopic (exact) mass is 458 g/mol. The molecule has 0 bridgehead atoms. The number of nitrogens with zero attached hydrogens (tertiary/aromatic N) is 4. The van der Waals surface area contributed by atoms with Gasteiger partial charge in [-0.2, -0.15) is 0 Å². The minimum Gasteiger partial charge on any atom is -0.497 e. The number of hydrogen-bond acceptors (Lipinski definition) is 5. The molecule has 3 aromatic rings. The lowest BCUT2D eigenvalue weighted by Gasteiger charge is -2.37. The molecule has 1 aromatic heterocycles. The fourth-order valence-corrected chi connectivity index (χ4v) is 5.11. The molecule has 2 aromatic carbocycles. The second-order valence-electron chi connectivity index (χ2n) is 9.28. The van der Waals surface area contributed by atoms with Crippen LogP contribution in [0.3, 0.4) is 0 Å². The number of anilines is 2. The van der Waals surface area contributed by atoms with Crippen LogP contribution in [-0.4, -0.2) is 62.2 Å². The van der Waals surface area contributed by atoms with Crippen LogP contribution < -0.4 is 14.5 Å². The van der Waals surface area contributed by atoms with Gasteiger partial charge in [0.2, 0.25) is 0 Å². The highest BCUT2D eigenvalue weighted by Gasteiger charge is 2.23. The zero-order valence-electron chi connectivity index (χ0n) is 20.1. The highest BCUT2D eigenvalue weighted by Crippen LogP contribution is 2.27. The number of pyridine rings is 1. The molecule has 3 heterocycles. The van der Waals surface area contributed by atoms with E-state index in [4.69, 9.17) is 9.72 Å². The summed E-state index contributed by atoms with van der Waals surface area (Å²) in [5.74, 6) is 1.93. The predicted molar refractivity (Wildman–Crippen MR) is 138 cm³/mol. The maximum Gasteiger partial charge on any atom is 0.254 e. The molecule has 2 saturated heterocycles. The Morgan fingerprint density at radius 1 is 0.794 bits per heavy atom. The zero-order valence-corrected chi connectivity index (χ0v) is 20.1. The van der Waals surface area contributed by atoms with Gasteiger partial charge in [-0.3, -0.25) is 4.79 Å². The lowest BCUT2D eigenvalue weighted by Crippen LogP contribution is -2.47. The number of likely N-dealkylation sites (tertiary alicyclic amines) is 1. The number of carbonyl (C=O) groups is 1. The Morgan fingerprint density at radius 3 is 2.15 bits per heavy atom. The first-order chi connectivity index (χ1) is 16.7. The second-order valence-corrected chi connectivity index (χ2v) is 9.28. The maximum absolute atomic E-state index is 13.7. The van der Waals surface area contributed by atoms with Crippen molar-refractivity contribution in [2.45, 2.75) is 32.1 Å². The highest BCUT2D eigenvalue weighted by atomic mass is 16.5. The van der Waals surface area contributed by atoms with E-state index in [0.717, 1.165) is 80.1 Å². The van der Waals surface area contributed by atoms with Crippen molar-refractivity contribution in [3.63, 3.8) is 0 Å². The summed E-state index contributed by atoms with van der Waals surface area (Å²) in [6.45, 7) is 5.27. The Balaban J connectivity index is 1.37. The quantitative estimate of drug-likeness (QED) is 0.552. The van der Waals surface area contributed by atoms with Gasteiger partial charge in [-0.1, -0.05) is 37.5 Å². The fraction of sp³-hybridized carbons (Fsp3) is 0.429. The van der Waals surface area contributed by atoms with Crippen LogP contribution in [-0.2, 0) is 0 Å². The lowest BCUT2D eigenvalue weighted by atomic mass is 10.0. The lowest BCUT2D eigenvalue weighted by molar-refractivity contribution is 0.0744. The standard InChI is InChI=1S/C28H34N4O2/c1-34-23-13-11-22(12-14-23)30-17-19-31(20-18-30)27-21-25(24-9-5-6-10-26(24)29-27)28(33)32-15-7-3-2-4-8-16-32/h5-6,9-14,21H,2-4,7-8,15-20H2,1H3. The molecule has 2 aliphatic heterocycles. The number of piperazine rings is 1. The van der Waals surface area contributed by atoms with Crippen LogP contribution in [0.4, 0.5) is 11.5 Å². The van der Waals surface area contributed by atoms with Crippen molar-refractivity contribution in [2.75, 3.05) is 56.2 Å². The molecule has 2 fully saturated rings. The van der Waals surface area contributed by atoms with Crippen molar-refractivity contribution in [1.29, 1.82) is 0 Å². The molecular formula is C28H34N4O2. The molecule has 6 heteroatoms. The van der Waals surface area contributed by atoms with Crippen LogP contribution in [0.5, 0.6) is 5.75 Å². The Kier molecular flexibility index (Phi) is 6.84. The summed E-state index contributed by atoms with van der Waals surface area (Å²) in [7, 11) is 1.69. The molecule has 2 aliphatic rings. The van der Waals surface area contributed by atoms with Gasteiger partial charge in [0, 0.05) is 50.3 Å². The summed E-state index contributed by atoms with van der Waals surface area (Å²) in [6.07, 6.45) is 5.89. The first-order valence-corrected chi connectivity index (χ1v) is 12.6. The SMILES string of the molecule is COc1ccc(N2CCN(c3cc(C(=O)N4CCCCCCC4)c4ccccc4n3)CC2)cc1. The maximum atomic E-state index is 13.7. The molecule has 0 radical (unpaired) electrons. The van der Waals surface area contributed by atoms with Gasteiger partial charge >= 0.3 is 0 Å². The first kappa shape index (κ1) is 22.5. The van der Waals surface area contributed by atoms with Gasteiger partial charge < -0.3 is 19.4 Å². The van der Waals surface area contributed by atoms with Crippen LogP contribution in [0.2, 0.25) is 0 Å². The van der Waals surface area contributed by atoms with Crippen LogP contribution in [0.25, 0.3) is 10.9 Å². The van der Waals surface area contributed by atoms with Crippen molar-refractivity contribution in [1.82, 2.24) is 9.88 Å². The third kappa shape index (κ3) is 4.81. The molecule has 0 spiro atoms. The highest BCUT2D eigenvalue weighted by molar-refractivity contribution is 6.07. The number of fused-ring (bicyclic) bond motifs is 1. The number of carbonyl (C=O) groups excluding carboxylic acids is 1. The van der Waals surface area contributed by atoms with Crippen molar-refractivity contribution in [3.05, 3.63) is 60.2 Å². The van der Waals surface area contributed by atoms with Gasteiger partial charge in [0.1, 0.15) is 11.6 Å². The van der Waals surface area contributed by atoms with E-state index >= 15 is 0 Å². The molecule has 1 amide bonds. The van der Waals surface area contributed by atoms with E-state index in [1.807, 2.05) is 42.5 Å². The molecule has 0 aliphatic carbocycles. The number of ether oxygens (including phenoxy) is 1. The summed E-state index contributed by atoms with van der Waals surface area (Å²) in [5, 5.41) is 0.954. The smallest absolute Gasteiger partial charge is 0.254 e. The largest absolute Gasteiger partial charge is 0.497 e. The van der Waals surface area contributed by atoms with Crippen LogP contribution in [0.15, 0.2) is 54.6 Å². The first-order valence-electron chi connectivity index (χ1n) is 12.6. The molecule has 6 nitrogen and oxygen atoms in total. The summed E-state index contributed by atoms with van der Waals surface area (Å²) >= 11 is 0. The number of benzene rings is 2.